The fourth-order valence-electron chi connectivity index (χ4n) is 4.86. The van der Waals surface area contributed by atoms with E-state index in [1.54, 1.807) is 24.3 Å². The molecule has 1 amide bonds. The normalized spacial score (nSPS) is 11.1. The standard InChI is InChI=1S/C32H27N7O3/c33-19-20-1-3-21(4-2-20)30-36-27-12-8-24(18-29(27)38-30)34-32(42)23-7-11-26-28(17-23)37-31(35-26)22-5-9-25(10-6-22)39(13-15-40)14-16-41/h1-12,17-18,40-41H,13-16H2,(H,34,42)(H,35,37)(H,36,38). The lowest BCUT2D eigenvalue weighted by molar-refractivity contribution is 0.102. The molecule has 0 aliphatic carbocycles. The van der Waals surface area contributed by atoms with Crippen molar-refractivity contribution < 1.29 is 15.0 Å². The van der Waals surface area contributed by atoms with Crippen molar-refractivity contribution in [3.8, 4) is 28.8 Å². The van der Waals surface area contributed by atoms with Crippen molar-refractivity contribution in [1.29, 1.82) is 5.26 Å². The van der Waals surface area contributed by atoms with Crippen molar-refractivity contribution in [1.82, 2.24) is 19.9 Å². The molecular formula is C32H27N7O3. The van der Waals surface area contributed by atoms with Crippen molar-refractivity contribution >= 4 is 39.3 Å². The van der Waals surface area contributed by atoms with Gasteiger partial charge in [0.2, 0.25) is 0 Å². The van der Waals surface area contributed by atoms with Gasteiger partial charge in [0.25, 0.3) is 5.91 Å². The van der Waals surface area contributed by atoms with Gasteiger partial charge in [-0.05, 0) is 84.9 Å². The third-order valence-corrected chi connectivity index (χ3v) is 7.02. The van der Waals surface area contributed by atoms with Gasteiger partial charge >= 0.3 is 0 Å². The summed E-state index contributed by atoms with van der Waals surface area (Å²) < 4.78 is 0. The van der Waals surface area contributed by atoms with Crippen LogP contribution in [0.2, 0.25) is 0 Å². The summed E-state index contributed by atoms with van der Waals surface area (Å²) in [6, 6.07) is 27.8. The lowest BCUT2D eigenvalue weighted by Crippen LogP contribution is -2.29. The molecule has 0 aliphatic heterocycles. The number of fused-ring (bicyclic) bond motifs is 2. The second kappa shape index (κ2) is 11.5. The SMILES string of the molecule is N#Cc1ccc(-c2nc3ccc(NC(=O)c4ccc5nc(-c6ccc(N(CCO)CCO)cc6)[nH]c5c4)cc3[nH]2)cc1. The van der Waals surface area contributed by atoms with E-state index in [0.717, 1.165) is 38.9 Å². The molecule has 2 aromatic heterocycles. The van der Waals surface area contributed by atoms with Crippen LogP contribution in [0.5, 0.6) is 0 Å². The molecule has 10 nitrogen and oxygen atoms in total. The van der Waals surface area contributed by atoms with E-state index in [1.165, 1.54) is 0 Å². The number of aromatic nitrogens is 4. The summed E-state index contributed by atoms with van der Waals surface area (Å²) in [5.41, 5.74) is 7.36. The lowest BCUT2D eigenvalue weighted by atomic mass is 10.1. The summed E-state index contributed by atoms with van der Waals surface area (Å²) in [6.07, 6.45) is 0. The topological polar surface area (TPSA) is 154 Å². The Kier molecular flexibility index (Phi) is 7.34. The molecular weight excluding hydrogens is 530 g/mol. The Morgan fingerprint density at radius 3 is 1.95 bits per heavy atom. The number of nitriles is 1. The largest absolute Gasteiger partial charge is 0.395 e. The van der Waals surface area contributed by atoms with Gasteiger partial charge in [-0.2, -0.15) is 5.26 Å². The van der Waals surface area contributed by atoms with Gasteiger partial charge in [0.1, 0.15) is 11.6 Å². The van der Waals surface area contributed by atoms with Crippen LogP contribution < -0.4 is 10.2 Å². The van der Waals surface area contributed by atoms with Crippen LogP contribution in [0.25, 0.3) is 44.8 Å². The maximum atomic E-state index is 13.1. The highest BCUT2D eigenvalue weighted by atomic mass is 16.3. The minimum atomic E-state index is -0.253. The quantitative estimate of drug-likeness (QED) is 0.173. The molecule has 0 bridgehead atoms. The summed E-state index contributed by atoms with van der Waals surface area (Å²) >= 11 is 0. The van der Waals surface area contributed by atoms with Crippen LogP contribution in [0.1, 0.15) is 15.9 Å². The predicted molar refractivity (Wildman–Crippen MR) is 162 cm³/mol. The highest BCUT2D eigenvalue weighted by Crippen LogP contribution is 2.26. The van der Waals surface area contributed by atoms with Crippen LogP contribution in [-0.2, 0) is 0 Å². The van der Waals surface area contributed by atoms with Crippen LogP contribution in [0.15, 0.2) is 84.9 Å². The molecule has 0 radical (unpaired) electrons. The van der Waals surface area contributed by atoms with E-state index in [9.17, 15) is 15.0 Å². The van der Waals surface area contributed by atoms with Crippen molar-refractivity contribution in [2.24, 2.45) is 0 Å². The molecule has 10 heteroatoms. The van der Waals surface area contributed by atoms with Gasteiger partial charge in [-0.25, -0.2) is 9.97 Å². The van der Waals surface area contributed by atoms with Crippen LogP contribution in [0.4, 0.5) is 11.4 Å². The van der Waals surface area contributed by atoms with Gasteiger partial charge in [0, 0.05) is 41.2 Å². The molecule has 0 atom stereocenters. The number of imidazole rings is 2. The Morgan fingerprint density at radius 2 is 1.36 bits per heavy atom. The first-order valence-electron chi connectivity index (χ1n) is 13.4. The Balaban J connectivity index is 1.18. The summed E-state index contributed by atoms with van der Waals surface area (Å²) in [5.74, 6) is 1.10. The minimum absolute atomic E-state index is 0.000170. The monoisotopic (exact) mass is 557 g/mol. The Hall–Kier alpha value is -5.50. The van der Waals surface area contributed by atoms with Gasteiger partial charge in [-0.1, -0.05) is 0 Å². The van der Waals surface area contributed by atoms with Gasteiger partial charge in [-0.15, -0.1) is 0 Å². The molecule has 2 heterocycles. The number of nitrogens with zero attached hydrogens (tertiary/aromatic N) is 4. The first-order chi connectivity index (χ1) is 20.5. The number of carbonyl (C=O) groups excluding carboxylic acids is 1. The minimum Gasteiger partial charge on any atom is -0.395 e. The van der Waals surface area contributed by atoms with Crippen molar-refractivity contribution in [2.45, 2.75) is 0 Å². The summed E-state index contributed by atoms with van der Waals surface area (Å²) in [5, 5.41) is 30.6. The smallest absolute Gasteiger partial charge is 0.255 e. The average molecular weight is 558 g/mol. The molecule has 6 aromatic rings. The van der Waals surface area contributed by atoms with Gasteiger partial charge in [0.15, 0.2) is 0 Å². The molecule has 0 spiro atoms. The first kappa shape index (κ1) is 26.7. The van der Waals surface area contributed by atoms with Crippen molar-refractivity contribution in [3.05, 3.63) is 96.1 Å². The molecule has 0 saturated carbocycles. The number of aromatic amines is 2. The first-order valence-corrected chi connectivity index (χ1v) is 13.4. The zero-order valence-electron chi connectivity index (χ0n) is 22.5. The van der Waals surface area contributed by atoms with E-state index in [4.69, 9.17) is 5.26 Å². The number of carbonyl (C=O) groups is 1. The molecule has 0 unspecified atom stereocenters. The van der Waals surface area contributed by atoms with Crippen molar-refractivity contribution in [3.63, 3.8) is 0 Å². The number of hydrogen-bond donors (Lipinski definition) is 5. The molecule has 6 rings (SSSR count). The maximum Gasteiger partial charge on any atom is 0.255 e. The highest BCUT2D eigenvalue weighted by Gasteiger charge is 2.13. The fourth-order valence-corrected chi connectivity index (χ4v) is 4.86. The van der Waals surface area contributed by atoms with E-state index >= 15 is 0 Å². The number of nitrogens with one attached hydrogen (secondary N) is 3. The summed E-state index contributed by atoms with van der Waals surface area (Å²) in [7, 11) is 0. The van der Waals surface area contributed by atoms with Crippen LogP contribution >= 0.6 is 0 Å². The highest BCUT2D eigenvalue weighted by molar-refractivity contribution is 6.06. The molecule has 0 fully saturated rings. The zero-order valence-corrected chi connectivity index (χ0v) is 22.5. The Labute approximate surface area is 240 Å². The molecule has 5 N–H and O–H groups in total. The molecule has 42 heavy (non-hydrogen) atoms. The Morgan fingerprint density at radius 1 is 0.786 bits per heavy atom. The molecule has 208 valence electrons. The summed E-state index contributed by atoms with van der Waals surface area (Å²) in [6.45, 7) is 0.870. The van der Waals surface area contributed by atoms with Gasteiger partial charge in [0.05, 0.1) is 46.9 Å². The van der Waals surface area contributed by atoms with Gasteiger partial charge in [-0.3, -0.25) is 4.79 Å². The molecule has 0 saturated heterocycles. The van der Waals surface area contributed by atoms with Crippen LogP contribution in [-0.4, -0.2) is 62.4 Å². The average Bonchev–Trinajstić information content (AvgIpc) is 3.65. The molecule has 0 aliphatic rings. The fraction of sp³-hybridized carbons (Fsp3) is 0.125. The predicted octanol–water partition coefficient (Wildman–Crippen LogP) is 4.69. The number of anilines is 2. The summed E-state index contributed by atoms with van der Waals surface area (Å²) in [4.78, 5) is 30.9. The van der Waals surface area contributed by atoms with Gasteiger partial charge < -0.3 is 30.4 Å². The van der Waals surface area contributed by atoms with Crippen LogP contribution in [0, 0.1) is 11.3 Å². The third kappa shape index (κ3) is 5.42. The van der Waals surface area contributed by atoms with E-state index in [-0.39, 0.29) is 19.1 Å². The maximum absolute atomic E-state index is 13.1. The number of hydrogen-bond acceptors (Lipinski definition) is 7. The van der Waals surface area contributed by atoms with Crippen molar-refractivity contribution in [2.75, 3.05) is 36.5 Å². The van der Waals surface area contributed by atoms with E-state index in [0.29, 0.717) is 41.6 Å². The van der Waals surface area contributed by atoms with E-state index in [1.807, 2.05) is 65.6 Å². The second-order valence-corrected chi connectivity index (χ2v) is 9.76. The second-order valence-electron chi connectivity index (χ2n) is 9.76. The molecule has 4 aromatic carbocycles. The number of benzene rings is 4. The third-order valence-electron chi connectivity index (χ3n) is 7.02. The number of H-pyrrole nitrogens is 2. The number of rotatable bonds is 9. The zero-order chi connectivity index (χ0) is 29.1. The number of amides is 1. The van der Waals surface area contributed by atoms with E-state index < -0.39 is 0 Å². The number of aliphatic hydroxyl groups excluding tert-OH is 2. The number of aliphatic hydroxyl groups is 2. The van der Waals surface area contributed by atoms with Crippen LogP contribution in [0.3, 0.4) is 0 Å². The lowest BCUT2D eigenvalue weighted by Gasteiger charge is -2.22. The van der Waals surface area contributed by atoms with E-state index in [2.05, 4.69) is 31.3 Å². The Bertz CT molecular complexity index is 1910.